The molecule has 1 aromatic heterocycles. The molecule has 0 bridgehead atoms. The Kier molecular flexibility index (Phi) is 2.85. The molecule has 0 aromatic carbocycles. The molecule has 0 saturated heterocycles. The second kappa shape index (κ2) is 3.90. The van der Waals surface area contributed by atoms with E-state index in [4.69, 9.17) is 5.73 Å². The molecule has 0 aliphatic carbocycles. The number of imidazole rings is 1. The van der Waals surface area contributed by atoms with E-state index in [2.05, 4.69) is 28.8 Å². The fraction of sp³-hybridized carbons (Fsp3) is 0.500. The Labute approximate surface area is 71.9 Å². The molecule has 0 saturated carbocycles. The van der Waals surface area contributed by atoms with E-state index in [0.717, 1.165) is 6.54 Å². The van der Waals surface area contributed by atoms with E-state index in [1.165, 1.54) is 0 Å². The van der Waals surface area contributed by atoms with E-state index in [0.29, 0.717) is 17.6 Å². The van der Waals surface area contributed by atoms with Crippen LogP contribution in [0, 0.1) is 5.92 Å². The molecule has 0 aliphatic heterocycles. The number of hydrogen-bond acceptors (Lipinski definition) is 2. The van der Waals surface area contributed by atoms with Gasteiger partial charge in [-0.05, 0) is 5.92 Å². The molecule has 1 rings (SSSR count). The Morgan fingerprint density at radius 2 is 2.50 bits per heavy atom. The number of aromatic amines is 1. The summed E-state index contributed by atoms with van der Waals surface area (Å²) in [6, 6.07) is 0. The molecule has 0 atom stereocenters. The first-order valence-electron chi connectivity index (χ1n) is 4.00. The van der Waals surface area contributed by atoms with E-state index < -0.39 is 0 Å². The summed E-state index contributed by atoms with van der Waals surface area (Å²) in [7, 11) is 0. The van der Waals surface area contributed by atoms with Crippen LogP contribution in [0.4, 0.5) is 0 Å². The molecule has 0 amide bonds. The summed E-state index contributed by atoms with van der Waals surface area (Å²) in [5.41, 5.74) is 5.64. The van der Waals surface area contributed by atoms with E-state index >= 15 is 0 Å². The van der Waals surface area contributed by atoms with Crippen molar-refractivity contribution in [3.8, 4) is 0 Å². The number of hydrogen-bond donors (Lipinski definition) is 2. The quantitative estimate of drug-likeness (QED) is 0.514. The Balaban J connectivity index is 2.59. The smallest absolute Gasteiger partial charge is 0.172 e. The molecule has 0 radical (unpaired) electrons. The van der Waals surface area contributed by atoms with Gasteiger partial charge in [0.1, 0.15) is 0 Å². The van der Waals surface area contributed by atoms with Gasteiger partial charge in [0.2, 0.25) is 0 Å². The highest BCUT2D eigenvalue weighted by Gasteiger charge is 1.99. The van der Waals surface area contributed by atoms with Crippen molar-refractivity contribution in [2.24, 2.45) is 16.6 Å². The molecule has 1 heterocycles. The van der Waals surface area contributed by atoms with Crippen LogP contribution in [0.1, 0.15) is 19.7 Å². The second-order valence-electron chi connectivity index (χ2n) is 3.06. The minimum absolute atomic E-state index is 0.480. The van der Waals surface area contributed by atoms with Crippen molar-refractivity contribution in [1.82, 2.24) is 9.97 Å². The Morgan fingerprint density at radius 3 is 3.00 bits per heavy atom. The standard InChI is InChI=1S/C8H14N4/c1-6(2)5-12-7(9)8-10-3-4-11-8/h3-4,6H,5H2,1-2H3,(H2,9,12)(H,10,11). The molecule has 0 spiro atoms. The van der Waals surface area contributed by atoms with E-state index in [9.17, 15) is 0 Å². The number of rotatable bonds is 3. The molecule has 0 fully saturated rings. The number of H-pyrrole nitrogens is 1. The maximum atomic E-state index is 5.64. The fourth-order valence-corrected chi connectivity index (χ4v) is 0.761. The summed E-state index contributed by atoms with van der Waals surface area (Å²) in [6.07, 6.45) is 3.39. The van der Waals surface area contributed by atoms with Gasteiger partial charge in [-0.3, -0.25) is 4.99 Å². The molecular formula is C8H14N4. The Hall–Kier alpha value is -1.32. The highest BCUT2D eigenvalue weighted by Crippen LogP contribution is 1.94. The van der Waals surface area contributed by atoms with Gasteiger partial charge in [-0.1, -0.05) is 13.8 Å². The van der Waals surface area contributed by atoms with Crippen LogP contribution in [-0.4, -0.2) is 22.3 Å². The lowest BCUT2D eigenvalue weighted by Crippen LogP contribution is -2.16. The lowest BCUT2D eigenvalue weighted by molar-refractivity contribution is 0.665. The van der Waals surface area contributed by atoms with Crippen LogP contribution in [0.3, 0.4) is 0 Å². The van der Waals surface area contributed by atoms with Crippen molar-refractivity contribution in [3.63, 3.8) is 0 Å². The van der Waals surface area contributed by atoms with Crippen LogP contribution < -0.4 is 5.73 Å². The summed E-state index contributed by atoms with van der Waals surface area (Å²) >= 11 is 0. The first kappa shape index (κ1) is 8.77. The molecule has 66 valence electrons. The van der Waals surface area contributed by atoms with Gasteiger partial charge in [-0.25, -0.2) is 4.98 Å². The highest BCUT2D eigenvalue weighted by molar-refractivity contribution is 5.93. The normalized spacial score (nSPS) is 12.4. The topological polar surface area (TPSA) is 67.1 Å². The van der Waals surface area contributed by atoms with Crippen molar-refractivity contribution in [2.75, 3.05) is 6.54 Å². The van der Waals surface area contributed by atoms with Gasteiger partial charge in [0, 0.05) is 18.9 Å². The number of nitrogens with zero attached hydrogens (tertiary/aromatic N) is 2. The van der Waals surface area contributed by atoms with Gasteiger partial charge in [0.15, 0.2) is 11.7 Å². The van der Waals surface area contributed by atoms with Crippen LogP contribution >= 0.6 is 0 Å². The van der Waals surface area contributed by atoms with Gasteiger partial charge in [-0.2, -0.15) is 0 Å². The largest absolute Gasteiger partial charge is 0.381 e. The average Bonchev–Trinajstić information content (AvgIpc) is 2.51. The summed E-state index contributed by atoms with van der Waals surface area (Å²) < 4.78 is 0. The fourth-order valence-electron chi connectivity index (χ4n) is 0.761. The van der Waals surface area contributed by atoms with Crippen molar-refractivity contribution >= 4 is 5.84 Å². The number of aromatic nitrogens is 2. The molecule has 0 aliphatic rings. The van der Waals surface area contributed by atoms with Crippen molar-refractivity contribution in [2.45, 2.75) is 13.8 Å². The van der Waals surface area contributed by atoms with Crippen LogP contribution in [0.5, 0.6) is 0 Å². The third-order valence-electron chi connectivity index (χ3n) is 1.37. The molecule has 4 heteroatoms. The summed E-state index contributed by atoms with van der Waals surface area (Å²) in [4.78, 5) is 11.0. The average molecular weight is 166 g/mol. The van der Waals surface area contributed by atoms with E-state index in [1.807, 2.05) is 0 Å². The Bertz CT molecular complexity index is 248. The van der Waals surface area contributed by atoms with Crippen molar-refractivity contribution in [3.05, 3.63) is 18.2 Å². The maximum absolute atomic E-state index is 5.64. The highest BCUT2D eigenvalue weighted by atomic mass is 15.0. The predicted molar refractivity (Wildman–Crippen MR) is 49.0 cm³/mol. The van der Waals surface area contributed by atoms with Gasteiger partial charge in [0.05, 0.1) is 0 Å². The van der Waals surface area contributed by atoms with Crippen LogP contribution in [-0.2, 0) is 0 Å². The predicted octanol–water partition coefficient (Wildman–Crippen LogP) is 0.771. The number of nitrogens with two attached hydrogens (primary N) is 1. The second-order valence-corrected chi connectivity index (χ2v) is 3.06. The lowest BCUT2D eigenvalue weighted by atomic mass is 10.2. The van der Waals surface area contributed by atoms with Gasteiger partial charge in [-0.15, -0.1) is 0 Å². The van der Waals surface area contributed by atoms with Crippen LogP contribution in [0.15, 0.2) is 17.4 Å². The van der Waals surface area contributed by atoms with Crippen LogP contribution in [0.2, 0.25) is 0 Å². The van der Waals surface area contributed by atoms with Crippen molar-refractivity contribution in [1.29, 1.82) is 0 Å². The SMILES string of the molecule is CC(C)CN=C(N)c1ncc[nH]1. The van der Waals surface area contributed by atoms with Gasteiger partial charge >= 0.3 is 0 Å². The molecule has 1 aromatic rings. The minimum Gasteiger partial charge on any atom is -0.381 e. The first-order valence-corrected chi connectivity index (χ1v) is 4.00. The van der Waals surface area contributed by atoms with Crippen LogP contribution in [0.25, 0.3) is 0 Å². The van der Waals surface area contributed by atoms with E-state index in [1.54, 1.807) is 12.4 Å². The van der Waals surface area contributed by atoms with Gasteiger partial charge < -0.3 is 10.7 Å². The lowest BCUT2D eigenvalue weighted by Gasteiger charge is -1.99. The zero-order chi connectivity index (χ0) is 8.97. The number of amidine groups is 1. The van der Waals surface area contributed by atoms with E-state index in [-0.39, 0.29) is 0 Å². The number of aliphatic imine (C=N–C) groups is 1. The minimum atomic E-state index is 0.480. The monoisotopic (exact) mass is 166 g/mol. The van der Waals surface area contributed by atoms with Crippen molar-refractivity contribution < 1.29 is 0 Å². The molecule has 12 heavy (non-hydrogen) atoms. The third kappa shape index (κ3) is 2.38. The zero-order valence-corrected chi connectivity index (χ0v) is 7.41. The zero-order valence-electron chi connectivity index (χ0n) is 7.41. The number of nitrogens with one attached hydrogen (secondary N) is 1. The first-order chi connectivity index (χ1) is 5.70. The maximum Gasteiger partial charge on any atom is 0.172 e. The Morgan fingerprint density at radius 1 is 1.75 bits per heavy atom. The summed E-state index contributed by atoms with van der Waals surface area (Å²) in [5.74, 6) is 1.66. The molecular weight excluding hydrogens is 152 g/mol. The summed E-state index contributed by atoms with van der Waals surface area (Å²) in [6.45, 7) is 4.93. The molecule has 4 nitrogen and oxygen atoms in total. The molecule has 0 unspecified atom stereocenters. The molecule has 3 N–H and O–H groups in total. The third-order valence-corrected chi connectivity index (χ3v) is 1.37. The summed E-state index contributed by atoms with van der Waals surface area (Å²) in [5, 5.41) is 0. The van der Waals surface area contributed by atoms with Gasteiger partial charge in [0.25, 0.3) is 0 Å².